The SMILES string of the molecule is C.C=Cc1c(Cc2ccc(OC(F)(F)F)cc2)cccc1C(F)(F)F. The summed E-state index contributed by atoms with van der Waals surface area (Å²) in [6, 6.07) is 8.73. The lowest BCUT2D eigenvalue weighted by Crippen LogP contribution is -2.17. The van der Waals surface area contributed by atoms with Crippen molar-refractivity contribution in [2.75, 3.05) is 0 Å². The summed E-state index contributed by atoms with van der Waals surface area (Å²) in [5.41, 5.74) is 0.0870. The highest BCUT2D eigenvalue weighted by atomic mass is 19.4. The lowest BCUT2D eigenvalue weighted by atomic mass is 9.95. The van der Waals surface area contributed by atoms with Gasteiger partial charge in [0.15, 0.2) is 0 Å². The maximum absolute atomic E-state index is 13.0. The normalized spacial score (nSPS) is 11.6. The molecular formula is C18H16F6O. The number of halogens is 6. The second-order valence-corrected chi connectivity index (χ2v) is 4.95. The first-order valence-corrected chi connectivity index (χ1v) is 6.76. The lowest BCUT2D eigenvalue weighted by Gasteiger charge is -2.15. The molecule has 0 saturated carbocycles. The van der Waals surface area contributed by atoms with Crippen molar-refractivity contribution < 1.29 is 31.1 Å². The average molecular weight is 362 g/mol. The summed E-state index contributed by atoms with van der Waals surface area (Å²) in [6.45, 7) is 3.42. The first kappa shape index (κ1) is 20.6. The molecule has 0 fully saturated rings. The highest BCUT2D eigenvalue weighted by Crippen LogP contribution is 2.34. The van der Waals surface area contributed by atoms with Gasteiger partial charge in [0, 0.05) is 0 Å². The number of hydrogen-bond donors (Lipinski definition) is 0. The van der Waals surface area contributed by atoms with E-state index in [4.69, 9.17) is 0 Å². The van der Waals surface area contributed by atoms with Crippen LogP contribution in [0.25, 0.3) is 6.08 Å². The van der Waals surface area contributed by atoms with Crippen molar-refractivity contribution >= 4 is 6.08 Å². The molecule has 1 nitrogen and oxygen atoms in total. The van der Waals surface area contributed by atoms with E-state index in [1.807, 2.05) is 0 Å². The van der Waals surface area contributed by atoms with E-state index in [0.717, 1.165) is 24.3 Å². The third kappa shape index (κ3) is 5.55. The van der Waals surface area contributed by atoms with Gasteiger partial charge >= 0.3 is 12.5 Å². The zero-order chi connectivity index (χ0) is 18.0. The molecule has 0 atom stereocenters. The monoisotopic (exact) mass is 362 g/mol. The first-order chi connectivity index (χ1) is 11.1. The van der Waals surface area contributed by atoms with E-state index in [9.17, 15) is 26.3 Å². The Labute approximate surface area is 141 Å². The van der Waals surface area contributed by atoms with Crippen LogP contribution in [0.4, 0.5) is 26.3 Å². The van der Waals surface area contributed by atoms with Gasteiger partial charge in [-0.2, -0.15) is 13.2 Å². The number of ether oxygens (including phenoxy) is 1. The van der Waals surface area contributed by atoms with Crippen LogP contribution in [-0.2, 0) is 12.6 Å². The van der Waals surface area contributed by atoms with E-state index >= 15 is 0 Å². The van der Waals surface area contributed by atoms with Crippen LogP contribution < -0.4 is 4.74 Å². The molecule has 2 aromatic rings. The van der Waals surface area contributed by atoms with Gasteiger partial charge in [-0.15, -0.1) is 13.2 Å². The Morgan fingerprint density at radius 2 is 1.52 bits per heavy atom. The van der Waals surface area contributed by atoms with Gasteiger partial charge in [-0.1, -0.05) is 44.3 Å². The quantitative estimate of drug-likeness (QED) is 0.566. The van der Waals surface area contributed by atoms with Gasteiger partial charge in [0.2, 0.25) is 0 Å². The highest BCUT2D eigenvalue weighted by Gasteiger charge is 2.33. The standard InChI is InChI=1S/C17H12F6O.CH4/c1-2-14-12(4-3-5-15(14)16(18,19)20)10-11-6-8-13(9-7-11)24-17(21,22)23;/h2-9H,1,10H2;1H4. The van der Waals surface area contributed by atoms with E-state index in [-0.39, 0.29) is 25.2 Å². The van der Waals surface area contributed by atoms with Gasteiger partial charge in [0.1, 0.15) is 5.75 Å². The third-order valence-electron chi connectivity index (χ3n) is 3.26. The van der Waals surface area contributed by atoms with E-state index in [1.54, 1.807) is 0 Å². The molecule has 2 aromatic carbocycles. The van der Waals surface area contributed by atoms with Crippen LogP contribution in [0, 0.1) is 0 Å². The van der Waals surface area contributed by atoms with Crippen LogP contribution in [0.2, 0.25) is 0 Å². The van der Waals surface area contributed by atoms with Crippen LogP contribution in [-0.4, -0.2) is 6.36 Å². The zero-order valence-corrected chi connectivity index (χ0v) is 12.2. The van der Waals surface area contributed by atoms with E-state index in [1.165, 1.54) is 24.3 Å². The molecule has 136 valence electrons. The summed E-state index contributed by atoms with van der Waals surface area (Å²) in [6.07, 6.45) is -8.06. The fraction of sp³-hybridized carbons (Fsp3) is 0.222. The molecule has 0 spiro atoms. The smallest absolute Gasteiger partial charge is 0.406 e. The molecule has 25 heavy (non-hydrogen) atoms. The van der Waals surface area contributed by atoms with Gasteiger partial charge in [-0.05, 0) is 41.3 Å². The summed E-state index contributed by atoms with van der Waals surface area (Å²) < 4.78 is 79.0. The fourth-order valence-corrected chi connectivity index (χ4v) is 2.28. The van der Waals surface area contributed by atoms with Crippen molar-refractivity contribution in [2.24, 2.45) is 0 Å². The molecule has 0 aliphatic rings. The molecule has 0 amide bonds. The van der Waals surface area contributed by atoms with Gasteiger partial charge in [-0.25, -0.2) is 0 Å². The summed E-state index contributed by atoms with van der Waals surface area (Å²) >= 11 is 0. The van der Waals surface area contributed by atoms with Crippen molar-refractivity contribution in [3.8, 4) is 5.75 Å². The molecule has 0 unspecified atom stereocenters. The minimum absolute atomic E-state index is 0. The van der Waals surface area contributed by atoms with E-state index < -0.39 is 18.1 Å². The predicted octanol–water partition coefficient (Wildman–Crippen LogP) is 6.47. The Morgan fingerprint density at radius 1 is 0.920 bits per heavy atom. The maximum Gasteiger partial charge on any atom is 0.573 e. The molecule has 0 aliphatic carbocycles. The summed E-state index contributed by atoms with van der Waals surface area (Å²) in [5.74, 6) is -0.390. The molecule has 0 radical (unpaired) electrons. The molecular weight excluding hydrogens is 346 g/mol. The summed E-state index contributed by atoms with van der Waals surface area (Å²) in [7, 11) is 0. The maximum atomic E-state index is 13.0. The fourth-order valence-electron chi connectivity index (χ4n) is 2.28. The van der Waals surface area contributed by atoms with Gasteiger partial charge in [-0.3, -0.25) is 0 Å². The molecule has 0 aromatic heterocycles. The van der Waals surface area contributed by atoms with Crippen LogP contribution in [0.5, 0.6) is 5.75 Å². The molecule has 0 N–H and O–H groups in total. The van der Waals surface area contributed by atoms with E-state index in [2.05, 4.69) is 11.3 Å². The Hall–Kier alpha value is -2.44. The van der Waals surface area contributed by atoms with Crippen molar-refractivity contribution in [3.63, 3.8) is 0 Å². The van der Waals surface area contributed by atoms with Crippen LogP contribution in [0.15, 0.2) is 49.0 Å². The molecule has 0 bridgehead atoms. The largest absolute Gasteiger partial charge is 0.573 e. The zero-order valence-electron chi connectivity index (χ0n) is 12.2. The van der Waals surface area contributed by atoms with Crippen LogP contribution in [0.1, 0.15) is 29.7 Å². The van der Waals surface area contributed by atoms with Gasteiger partial charge in [0.05, 0.1) is 5.56 Å². The van der Waals surface area contributed by atoms with Crippen LogP contribution in [0.3, 0.4) is 0 Å². The highest BCUT2D eigenvalue weighted by molar-refractivity contribution is 5.58. The van der Waals surface area contributed by atoms with E-state index in [0.29, 0.717) is 11.1 Å². The summed E-state index contributed by atoms with van der Waals surface area (Å²) in [4.78, 5) is 0. The Balaban J connectivity index is 0.00000312. The Kier molecular flexibility index (Phi) is 6.29. The number of rotatable bonds is 4. The van der Waals surface area contributed by atoms with Crippen molar-refractivity contribution in [2.45, 2.75) is 26.4 Å². The number of benzene rings is 2. The predicted molar refractivity (Wildman–Crippen MR) is 84.2 cm³/mol. The Bertz CT molecular complexity index is 714. The minimum atomic E-state index is -4.79. The Morgan fingerprint density at radius 3 is 2.00 bits per heavy atom. The topological polar surface area (TPSA) is 9.23 Å². The molecule has 0 aliphatic heterocycles. The first-order valence-electron chi connectivity index (χ1n) is 6.76. The van der Waals surface area contributed by atoms with Crippen molar-refractivity contribution in [1.82, 2.24) is 0 Å². The number of hydrogen-bond acceptors (Lipinski definition) is 1. The third-order valence-corrected chi connectivity index (χ3v) is 3.26. The van der Waals surface area contributed by atoms with Crippen molar-refractivity contribution in [1.29, 1.82) is 0 Å². The molecule has 0 saturated heterocycles. The van der Waals surface area contributed by atoms with Crippen LogP contribution >= 0.6 is 0 Å². The summed E-state index contributed by atoms with van der Waals surface area (Å²) in [5, 5.41) is 0. The van der Waals surface area contributed by atoms with Gasteiger partial charge in [0.25, 0.3) is 0 Å². The minimum Gasteiger partial charge on any atom is -0.406 e. The molecule has 7 heteroatoms. The second-order valence-electron chi connectivity index (χ2n) is 4.95. The van der Waals surface area contributed by atoms with Crippen molar-refractivity contribution in [3.05, 3.63) is 71.3 Å². The average Bonchev–Trinajstić information content (AvgIpc) is 2.46. The molecule has 0 heterocycles. The second kappa shape index (κ2) is 7.63. The lowest BCUT2D eigenvalue weighted by molar-refractivity contribution is -0.274. The van der Waals surface area contributed by atoms with Gasteiger partial charge < -0.3 is 4.74 Å². The molecule has 2 rings (SSSR count). The number of alkyl halides is 6.